The van der Waals surface area contributed by atoms with Crippen LogP contribution in [0.5, 0.6) is 5.88 Å². The average Bonchev–Trinajstić information content (AvgIpc) is 3.13. The fourth-order valence-electron chi connectivity index (χ4n) is 2.89. The van der Waals surface area contributed by atoms with Gasteiger partial charge in [-0.1, -0.05) is 48.9 Å². The predicted octanol–water partition coefficient (Wildman–Crippen LogP) is 5.90. The summed E-state index contributed by atoms with van der Waals surface area (Å²) < 4.78 is 11.8. The van der Waals surface area contributed by atoms with Crippen molar-refractivity contribution < 1.29 is 9.15 Å². The van der Waals surface area contributed by atoms with Gasteiger partial charge < -0.3 is 9.15 Å². The van der Waals surface area contributed by atoms with E-state index < -0.39 is 0 Å². The molecule has 0 atom stereocenters. The third-order valence-electron chi connectivity index (χ3n) is 4.47. The lowest BCUT2D eigenvalue weighted by atomic mass is 10.2. The van der Waals surface area contributed by atoms with Gasteiger partial charge in [-0.05, 0) is 37.6 Å². The molecule has 0 unspecified atom stereocenters. The quantitative estimate of drug-likeness (QED) is 0.399. The van der Waals surface area contributed by atoms with Crippen LogP contribution >= 0.6 is 11.6 Å². The van der Waals surface area contributed by atoms with E-state index in [0.29, 0.717) is 22.6 Å². The maximum absolute atomic E-state index is 6.11. The van der Waals surface area contributed by atoms with E-state index in [1.165, 1.54) is 0 Å². The van der Waals surface area contributed by atoms with Crippen LogP contribution in [-0.4, -0.2) is 15.0 Å². The standard InChI is InChI=1S/C23H20ClN3O2/c1-3-19-13-21(27-22(25-19)17-10-7-11-18(24)12-17)28-14-20-15(2)29-23(26-20)16-8-5-4-6-9-16/h4-13H,3,14H2,1-2H3. The van der Waals surface area contributed by atoms with E-state index >= 15 is 0 Å². The zero-order valence-corrected chi connectivity index (χ0v) is 17.0. The minimum absolute atomic E-state index is 0.261. The Balaban J connectivity index is 1.57. The highest BCUT2D eigenvalue weighted by Crippen LogP contribution is 2.25. The highest BCUT2D eigenvalue weighted by atomic mass is 35.5. The normalized spacial score (nSPS) is 10.9. The fraction of sp³-hybridized carbons (Fsp3) is 0.174. The molecule has 0 bridgehead atoms. The molecule has 6 heteroatoms. The first-order valence-corrected chi connectivity index (χ1v) is 9.78. The van der Waals surface area contributed by atoms with Crippen molar-refractivity contribution in [2.75, 3.05) is 0 Å². The zero-order chi connectivity index (χ0) is 20.2. The summed E-state index contributed by atoms with van der Waals surface area (Å²) in [6.45, 7) is 4.19. The molecule has 0 fully saturated rings. The largest absolute Gasteiger partial charge is 0.471 e. The Bertz CT molecular complexity index is 1130. The van der Waals surface area contributed by atoms with Crippen molar-refractivity contribution in [2.24, 2.45) is 0 Å². The smallest absolute Gasteiger partial charge is 0.226 e. The van der Waals surface area contributed by atoms with Crippen molar-refractivity contribution in [1.29, 1.82) is 0 Å². The molecule has 0 saturated carbocycles. The van der Waals surface area contributed by atoms with Crippen LogP contribution < -0.4 is 4.74 Å². The van der Waals surface area contributed by atoms with Crippen molar-refractivity contribution >= 4 is 11.6 Å². The highest BCUT2D eigenvalue weighted by molar-refractivity contribution is 6.30. The van der Waals surface area contributed by atoms with Gasteiger partial charge >= 0.3 is 0 Å². The van der Waals surface area contributed by atoms with Crippen LogP contribution in [0.2, 0.25) is 5.02 Å². The minimum atomic E-state index is 0.261. The molecule has 0 amide bonds. The molecule has 2 heterocycles. The summed E-state index contributed by atoms with van der Waals surface area (Å²) in [5.74, 6) is 2.39. The number of aromatic nitrogens is 3. The number of oxazole rings is 1. The molecular formula is C23H20ClN3O2. The molecule has 4 rings (SSSR count). The summed E-state index contributed by atoms with van der Waals surface area (Å²) >= 11 is 6.11. The molecule has 29 heavy (non-hydrogen) atoms. The van der Waals surface area contributed by atoms with Crippen LogP contribution in [0.4, 0.5) is 0 Å². The fourth-order valence-corrected chi connectivity index (χ4v) is 3.08. The first-order chi connectivity index (χ1) is 14.1. The number of hydrogen-bond acceptors (Lipinski definition) is 5. The number of halogens is 1. The van der Waals surface area contributed by atoms with Gasteiger partial charge in [0.1, 0.15) is 18.1 Å². The van der Waals surface area contributed by atoms with Crippen LogP contribution in [0.15, 0.2) is 65.1 Å². The molecule has 5 nitrogen and oxygen atoms in total. The molecule has 0 N–H and O–H groups in total. The molecule has 0 aliphatic heterocycles. The monoisotopic (exact) mass is 405 g/mol. The third kappa shape index (κ3) is 4.46. The molecule has 0 aliphatic rings. The third-order valence-corrected chi connectivity index (χ3v) is 4.71. The molecule has 0 spiro atoms. The Labute approximate surface area is 174 Å². The summed E-state index contributed by atoms with van der Waals surface area (Å²) in [4.78, 5) is 13.7. The van der Waals surface area contributed by atoms with Crippen molar-refractivity contribution in [1.82, 2.24) is 15.0 Å². The molecule has 0 aliphatic carbocycles. The number of nitrogens with zero attached hydrogens (tertiary/aromatic N) is 3. The van der Waals surface area contributed by atoms with E-state index in [2.05, 4.69) is 15.0 Å². The van der Waals surface area contributed by atoms with Gasteiger partial charge in [-0.2, -0.15) is 4.98 Å². The second kappa shape index (κ2) is 8.45. The van der Waals surface area contributed by atoms with Gasteiger partial charge in [0, 0.05) is 27.9 Å². The molecule has 4 aromatic rings. The Kier molecular flexibility index (Phi) is 5.58. The molecule has 2 aromatic carbocycles. The Morgan fingerprint density at radius 2 is 1.72 bits per heavy atom. The maximum atomic E-state index is 6.11. The van der Waals surface area contributed by atoms with Crippen molar-refractivity contribution in [3.63, 3.8) is 0 Å². The van der Waals surface area contributed by atoms with Crippen molar-refractivity contribution in [3.05, 3.63) is 82.8 Å². The molecule has 146 valence electrons. The van der Waals surface area contributed by atoms with Gasteiger partial charge in [-0.3, -0.25) is 0 Å². The Morgan fingerprint density at radius 1 is 0.931 bits per heavy atom. The lowest BCUT2D eigenvalue weighted by Crippen LogP contribution is -2.03. The molecular weight excluding hydrogens is 386 g/mol. The molecule has 0 radical (unpaired) electrons. The van der Waals surface area contributed by atoms with Crippen LogP contribution in [0, 0.1) is 6.92 Å². The van der Waals surface area contributed by atoms with Gasteiger partial charge in [0.05, 0.1) is 0 Å². The van der Waals surface area contributed by atoms with Crippen LogP contribution in [0.1, 0.15) is 24.1 Å². The van der Waals surface area contributed by atoms with Gasteiger partial charge in [0.25, 0.3) is 0 Å². The Hall–Kier alpha value is -3.18. The molecule has 2 aromatic heterocycles. The van der Waals surface area contributed by atoms with E-state index in [4.69, 9.17) is 20.8 Å². The number of aryl methyl sites for hydroxylation is 2. The topological polar surface area (TPSA) is 61.0 Å². The molecule has 0 saturated heterocycles. The van der Waals surface area contributed by atoms with Gasteiger partial charge in [-0.15, -0.1) is 0 Å². The number of rotatable bonds is 6. The second-order valence-electron chi connectivity index (χ2n) is 6.56. The highest BCUT2D eigenvalue weighted by Gasteiger charge is 2.13. The van der Waals surface area contributed by atoms with Crippen LogP contribution in [-0.2, 0) is 13.0 Å². The first-order valence-electron chi connectivity index (χ1n) is 9.41. The lowest BCUT2D eigenvalue weighted by Gasteiger charge is -2.08. The minimum Gasteiger partial charge on any atom is -0.471 e. The van der Waals surface area contributed by atoms with E-state index in [1.807, 2.05) is 74.5 Å². The maximum Gasteiger partial charge on any atom is 0.226 e. The second-order valence-corrected chi connectivity index (χ2v) is 7.00. The lowest BCUT2D eigenvalue weighted by molar-refractivity contribution is 0.287. The van der Waals surface area contributed by atoms with Crippen LogP contribution in [0.25, 0.3) is 22.8 Å². The van der Waals surface area contributed by atoms with Crippen LogP contribution in [0.3, 0.4) is 0 Å². The van der Waals surface area contributed by atoms with Crippen molar-refractivity contribution in [3.8, 4) is 28.7 Å². The predicted molar refractivity (Wildman–Crippen MR) is 113 cm³/mol. The number of benzene rings is 2. The van der Waals surface area contributed by atoms with Gasteiger partial charge in [-0.25, -0.2) is 9.97 Å². The summed E-state index contributed by atoms with van der Waals surface area (Å²) in [5.41, 5.74) is 3.42. The Morgan fingerprint density at radius 3 is 2.48 bits per heavy atom. The van der Waals surface area contributed by atoms with E-state index in [0.717, 1.165) is 34.7 Å². The van der Waals surface area contributed by atoms with E-state index in [1.54, 1.807) is 0 Å². The summed E-state index contributed by atoms with van der Waals surface area (Å²) in [5, 5.41) is 0.641. The number of hydrogen-bond donors (Lipinski definition) is 0. The SMILES string of the molecule is CCc1cc(OCc2nc(-c3ccccc3)oc2C)nc(-c2cccc(Cl)c2)n1. The van der Waals surface area contributed by atoms with Gasteiger partial charge in [0.2, 0.25) is 11.8 Å². The summed E-state index contributed by atoms with van der Waals surface area (Å²) in [7, 11) is 0. The first kappa shape index (κ1) is 19.2. The van der Waals surface area contributed by atoms with Gasteiger partial charge in [0.15, 0.2) is 5.82 Å². The average molecular weight is 406 g/mol. The summed E-state index contributed by atoms with van der Waals surface area (Å²) in [6.07, 6.45) is 0.771. The van der Waals surface area contributed by atoms with E-state index in [9.17, 15) is 0 Å². The van der Waals surface area contributed by atoms with Crippen molar-refractivity contribution in [2.45, 2.75) is 26.9 Å². The summed E-state index contributed by atoms with van der Waals surface area (Å²) in [6, 6.07) is 19.1. The number of ether oxygens (including phenoxy) is 1. The zero-order valence-electron chi connectivity index (χ0n) is 16.2. The van der Waals surface area contributed by atoms with E-state index in [-0.39, 0.29) is 6.61 Å².